The van der Waals surface area contributed by atoms with E-state index in [1.807, 2.05) is 24.3 Å². The number of urea groups is 1. The zero-order chi connectivity index (χ0) is 12.3. The van der Waals surface area contributed by atoms with Gasteiger partial charge in [0, 0.05) is 5.56 Å². The minimum absolute atomic E-state index is 0.378. The highest BCUT2D eigenvalue weighted by atomic mass is 32.1. The molecule has 0 saturated heterocycles. The number of primary amides is 1. The monoisotopic (exact) mass is 250 g/mol. The number of hydrogen-bond acceptors (Lipinski definition) is 5. The van der Waals surface area contributed by atoms with Crippen LogP contribution in [0.2, 0.25) is 0 Å². The van der Waals surface area contributed by atoms with Gasteiger partial charge in [-0.2, -0.15) is 0 Å². The molecule has 0 aliphatic rings. The fraction of sp³-hybridized carbons (Fsp3) is 0.100. The maximum Gasteiger partial charge on any atom is 0.318 e. The highest BCUT2D eigenvalue weighted by molar-refractivity contribution is 7.18. The molecule has 1 aromatic carbocycles. The Kier molecular flexibility index (Phi) is 3.20. The van der Waals surface area contributed by atoms with Gasteiger partial charge in [0.05, 0.1) is 7.11 Å². The average Bonchev–Trinajstić information content (AvgIpc) is 2.77. The van der Waals surface area contributed by atoms with Gasteiger partial charge < -0.3 is 10.5 Å². The minimum atomic E-state index is -0.651. The van der Waals surface area contributed by atoms with Crippen LogP contribution in [0.5, 0.6) is 5.75 Å². The molecule has 0 unspecified atom stereocenters. The largest absolute Gasteiger partial charge is 0.497 e. The number of nitrogens with one attached hydrogen (secondary N) is 1. The average molecular weight is 250 g/mol. The van der Waals surface area contributed by atoms with Gasteiger partial charge in [0.1, 0.15) is 10.8 Å². The van der Waals surface area contributed by atoms with Gasteiger partial charge in [-0.1, -0.05) is 11.3 Å². The van der Waals surface area contributed by atoms with E-state index in [4.69, 9.17) is 10.5 Å². The van der Waals surface area contributed by atoms with Crippen LogP contribution in [0.3, 0.4) is 0 Å². The Balaban J connectivity index is 2.21. The van der Waals surface area contributed by atoms with Crippen molar-refractivity contribution in [1.82, 2.24) is 10.2 Å². The Morgan fingerprint density at radius 2 is 2.06 bits per heavy atom. The lowest BCUT2D eigenvalue weighted by Gasteiger charge is -1.99. The molecule has 2 aromatic rings. The lowest BCUT2D eigenvalue weighted by atomic mass is 10.2. The Hall–Kier alpha value is -2.15. The highest BCUT2D eigenvalue weighted by Gasteiger charge is 2.07. The fourth-order valence-electron chi connectivity index (χ4n) is 1.23. The molecule has 0 atom stereocenters. The lowest BCUT2D eigenvalue weighted by molar-refractivity contribution is 0.259. The van der Waals surface area contributed by atoms with Gasteiger partial charge in [0.2, 0.25) is 5.13 Å². The van der Waals surface area contributed by atoms with Crippen LogP contribution in [0.4, 0.5) is 9.93 Å². The van der Waals surface area contributed by atoms with E-state index in [2.05, 4.69) is 15.5 Å². The van der Waals surface area contributed by atoms with Crippen molar-refractivity contribution in [2.75, 3.05) is 12.4 Å². The second-order valence-electron chi connectivity index (χ2n) is 3.13. The van der Waals surface area contributed by atoms with E-state index in [9.17, 15) is 4.79 Å². The van der Waals surface area contributed by atoms with Crippen LogP contribution in [-0.2, 0) is 0 Å². The van der Waals surface area contributed by atoms with Crippen molar-refractivity contribution < 1.29 is 9.53 Å². The van der Waals surface area contributed by atoms with E-state index >= 15 is 0 Å². The molecule has 0 aliphatic carbocycles. The van der Waals surface area contributed by atoms with Crippen LogP contribution >= 0.6 is 11.3 Å². The van der Waals surface area contributed by atoms with Gasteiger partial charge >= 0.3 is 6.03 Å². The normalized spacial score (nSPS) is 9.94. The number of ether oxygens (including phenoxy) is 1. The van der Waals surface area contributed by atoms with E-state index in [0.717, 1.165) is 11.3 Å². The zero-order valence-corrected chi connectivity index (χ0v) is 9.82. The van der Waals surface area contributed by atoms with Crippen molar-refractivity contribution >= 4 is 22.5 Å². The molecule has 0 aliphatic heterocycles. The molecule has 2 rings (SSSR count). The first-order valence-corrected chi connectivity index (χ1v) is 5.55. The van der Waals surface area contributed by atoms with Crippen LogP contribution < -0.4 is 15.8 Å². The summed E-state index contributed by atoms with van der Waals surface area (Å²) < 4.78 is 5.06. The molecule has 1 aromatic heterocycles. The predicted octanol–water partition coefficient (Wildman–Crippen LogP) is 1.70. The molecule has 88 valence electrons. The summed E-state index contributed by atoms with van der Waals surface area (Å²) in [5.41, 5.74) is 5.89. The summed E-state index contributed by atoms with van der Waals surface area (Å²) in [5, 5.41) is 11.2. The molecule has 3 N–H and O–H groups in total. The third-order valence-corrected chi connectivity index (χ3v) is 2.88. The van der Waals surface area contributed by atoms with Crippen molar-refractivity contribution in [2.24, 2.45) is 5.73 Å². The summed E-state index contributed by atoms with van der Waals surface area (Å²) in [4.78, 5) is 10.6. The Labute approximate surface area is 101 Å². The summed E-state index contributed by atoms with van der Waals surface area (Å²) >= 11 is 1.25. The van der Waals surface area contributed by atoms with E-state index in [-0.39, 0.29) is 0 Å². The molecular formula is C10H10N4O2S. The van der Waals surface area contributed by atoms with Crippen LogP contribution in [0.25, 0.3) is 10.6 Å². The Bertz CT molecular complexity index is 523. The molecule has 1 heterocycles. The molecule has 6 nitrogen and oxygen atoms in total. The van der Waals surface area contributed by atoms with Gasteiger partial charge in [-0.05, 0) is 24.3 Å². The molecule has 0 saturated carbocycles. The predicted molar refractivity (Wildman–Crippen MR) is 65.1 cm³/mol. The molecule has 0 radical (unpaired) electrons. The van der Waals surface area contributed by atoms with Gasteiger partial charge in [0.15, 0.2) is 0 Å². The first-order valence-electron chi connectivity index (χ1n) is 4.73. The second kappa shape index (κ2) is 4.79. The topological polar surface area (TPSA) is 90.1 Å². The number of benzene rings is 1. The summed E-state index contributed by atoms with van der Waals surface area (Å²) in [6, 6.07) is 6.75. The molecule has 0 bridgehead atoms. The summed E-state index contributed by atoms with van der Waals surface area (Å²) in [7, 11) is 1.61. The number of amides is 2. The van der Waals surface area contributed by atoms with Crippen LogP contribution in [0.15, 0.2) is 24.3 Å². The third-order valence-electron chi connectivity index (χ3n) is 1.99. The van der Waals surface area contributed by atoms with Gasteiger partial charge in [-0.15, -0.1) is 10.2 Å². The van der Waals surface area contributed by atoms with Gasteiger partial charge in [-0.3, -0.25) is 5.32 Å². The number of carbonyl (C=O) groups excluding carboxylic acids is 1. The van der Waals surface area contributed by atoms with E-state index in [1.54, 1.807) is 7.11 Å². The molecular weight excluding hydrogens is 240 g/mol. The van der Waals surface area contributed by atoms with Crippen molar-refractivity contribution in [1.29, 1.82) is 0 Å². The minimum Gasteiger partial charge on any atom is -0.497 e. The number of rotatable bonds is 3. The highest BCUT2D eigenvalue weighted by Crippen LogP contribution is 2.27. The number of nitrogens with zero attached hydrogens (tertiary/aromatic N) is 2. The van der Waals surface area contributed by atoms with Crippen molar-refractivity contribution in [3.63, 3.8) is 0 Å². The lowest BCUT2D eigenvalue weighted by Crippen LogP contribution is -2.18. The van der Waals surface area contributed by atoms with Crippen LogP contribution in [0.1, 0.15) is 0 Å². The summed E-state index contributed by atoms with van der Waals surface area (Å²) in [6.07, 6.45) is 0. The number of methoxy groups -OCH3 is 1. The van der Waals surface area contributed by atoms with E-state index in [1.165, 1.54) is 11.3 Å². The zero-order valence-electron chi connectivity index (χ0n) is 9.01. The van der Waals surface area contributed by atoms with Crippen molar-refractivity contribution in [2.45, 2.75) is 0 Å². The van der Waals surface area contributed by atoms with Crippen molar-refractivity contribution in [3.8, 4) is 16.3 Å². The first kappa shape index (κ1) is 11.3. The van der Waals surface area contributed by atoms with Crippen molar-refractivity contribution in [3.05, 3.63) is 24.3 Å². The molecule has 0 spiro atoms. The van der Waals surface area contributed by atoms with Gasteiger partial charge in [-0.25, -0.2) is 4.79 Å². The number of nitrogens with two attached hydrogens (primary N) is 1. The maximum atomic E-state index is 10.6. The first-order chi connectivity index (χ1) is 8.19. The van der Waals surface area contributed by atoms with E-state index in [0.29, 0.717) is 10.1 Å². The third kappa shape index (κ3) is 2.70. The summed E-state index contributed by atoms with van der Waals surface area (Å²) in [6.45, 7) is 0. The Morgan fingerprint density at radius 3 is 2.65 bits per heavy atom. The quantitative estimate of drug-likeness (QED) is 0.867. The standard InChI is InChI=1S/C10H10N4O2S/c1-16-7-4-2-6(3-5-7)8-13-14-10(17-8)12-9(11)15/h2-5H,1H3,(H3,11,12,14,15). The Morgan fingerprint density at radius 1 is 1.35 bits per heavy atom. The summed E-state index contributed by atoms with van der Waals surface area (Å²) in [5.74, 6) is 0.772. The number of hydrogen-bond donors (Lipinski definition) is 2. The SMILES string of the molecule is COc1ccc(-c2nnc(NC(N)=O)s2)cc1. The molecule has 17 heavy (non-hydrogen) atoms. The number of aromatic nitrogens is 2. The molecule has 7 heteroatoms. The molecule has 0 fully saturated rings. The number of anilines is 1. The number of carbonyl (C=O) groups is 1. The fourth-order valence-corrected chi connectivity index (χ4v) is 1.98. The van der Waals surface area contributed by atoms with Crippen LogP contribution in [0, 0.1) is 0 Å². The maximum absolute atomic E-state index is 10.6. The second-order valence-corrected chi connectivity index (χ2v) is 4.11. The van der Waals surface area contributed by atoms with E-state index < -0.39 is 6.03 Å². The van der Waals surface area contributed by atoms with Gasteiger partial charge in [0.25, 0.3) is 0 Å². The smallest absolute Gasteiger partial charge is 0.318 e. The molecule has 2 amide bonds. The van der Waals surface area contributed by atoms with Crippen LogP contribution in [-0.4, -0.2) is 23.3 Å².